The molecule has 18 heavy (non-hydrogen) atoms. The number of unbranched alkanes of at least 4 members (excludes halogenated alkanes) is 10. The van der Waals surface area contributed by atoms with Crippen LogP contribution in [-0.2, 0) is 10.1 Å². The van der Waals surface area contributed by atoms with Gasteiger partial charge >= 0.3 is 0 Å². The highest BCUT2D eigenvalue weighted by molar-refractivity contribution is 7.85. The quantitative estimate of drug-likeness (QED) is 0.401. The van der Waals surface area contributed by atoms with Crippen LogP contribution in [0.25, 0.3) is 0 Å². The lowest BCUT2D eigenvalue weighted by Crippen LogP contribution is -2.03. The van der Waals surface area contributed by atoms with E-state index in [1.54, 1.807) is 0 Å². The molecular weight excluding hydrogens is 250 g/mol. The summed E-state index contributed by atoms with van der Waals surface area (Å²) in [6.07, 6.45) is 12.6. The standard InChI is InChI=1S/C13H29NO3S/c14-12-10-8-6-4-2-1-3-5-7-9-11-13-18(15,16)17/h1-14H2,(H,15,16,17). The second-order valence-corrected chi connectivity index (χ2v) is 6.54. The molecule has 4 nitrogen and oxygen atoms in total. The molecule has 0 radical (unpaired) electrons. The summed E-state index contributed by atoms with van der Waals surface area (Å²) < 4.78 is 29.5. The molecule has 5 heteroatoms. The summed E-state index contributed by atoms with van der Waals surface area (Å²) in [5, 5.41) is 0. The van der Waals surface area contributed by atoms with Crippen LogP contribution in [0.3, 0.4) is 0 Å². The van der Waals surface area contributed by atoms with Gasteiger partial charge in [-0.1, -0.05) is 57.8 Å². The number of hydrogen-bond acceptors (Lipinski definition) is 3. The van der Waals surface area contributed by atoms with Crippen molar-refractivity contribution in [2.45, 2.75) is 70.6 Å². The van der Waals surface area contributed by atoms with Crippen LogP contribution in [0.5, 0.6) is 0 Å². The molecule has 0 spiro atoms. The average Bonchev–Trinajstić information content (AvgIpc) is 2.29. The van der Waals surface area contributed by atoms with Gasteiger partial charge in [-0.15, -0.1) is 0 Å². The molecule has 0 aromatic carbocycles. The number of rotatable bonds is 13. The fourth-order valence-electron chi connectivity index (χ4n) is 2.02. The van der Waals surface area contributed by atoms with Gasteiger partial charge in [-0.05, 0) is 19.4 Å². The van der Waals surface area contributed by atoms with Gasteiger partial charge in [0.1, 0.15) is 0 Å². The zero-order valence-corrected chi connectivity index (χ0v) is 12.3. The molecule has 0 fully saturated rings. The Balaban J connectivity index is 3.03. The van der Waals surface area contributed by atoms with Crippen LogP contribution >= 0.6 is 0 Å². The van der Waals surface area contributed by atoms with E-state index in [2.05, 4.69) is 0 Å². The summed E-state index contributed by atoms with van der Waals surface area (Å²) in [5.74, 6) is -0.0891. The highest BCUT2D eigenvalue weighted by atomic mass is 32.2. The van der Waals surface area contributed by atoms with Crippen LogP contribution in [0, 0.1) is 0 Å². The van der Waals surface area contributed by atoms with Gasteiger partial charge in [-0.25, -0.2) is 0 Å². The van der Waals surface area contributed by atoms with E-state index < -0.39 is 10.1 Å². The van der Waals surface area contributed by atoms with Crippen molar-refractivity contribution in [2.75, 3.05) is 12.3 Å². The zero-order chi connectivity index (χ0) is 13.7. The molecule has 0 amide bonds. The molecule has 3 N–H and O–H groups in total. The molecule has 0 aliphatic rings. The molecule has 0 saturated heterocycles. The van der Waals surface area contributed by atoms with Crippen molar-refractivity contribution >= 4 is 10.1 Å². The van der Waals surface area contributed by atoms with Gasteiger partial charge in [0.2, 0.25) is 0 Å². The lowest BCUT2D eigenvalue weighted by molar-refractivity contribution is 0.478. The van der Waals surface area contributed by atoms with E-state index in [4.69, 9.17) is 10.3 Å². The first kappa shape index (κ1) is 17.9. The predicted octanol–water partition coefficient (Wildman–Crippen LogP) is 3.12. The fourth-order valence-corrected chi connectivity index (χ4v) is 2.59. The summed E-state index contributed by atoms with van der Waals surface area (Å²) in [5.41, 5.74) is 5.42. The van der Waals surface area contributed by atoms with Gasteiger partial charge in [0.05, 0.1) is 5.75 Å². The summed E-state index contributed by atoms with van der Waals surface area (Å²) >= 11 is 0. The molecule has 0 unspecified atom stereocenters. The number of hydrogen-bond donors (Lipinski definition) is 2. The van der Waals surface area contributed by atoms with Crippen LogP contribution in [0.2, 0.25) is 0 Å². The van der Waals surface area contributed by atoms with E-state index in [0.717, 1.165) is 25.8 Å². The minimum Gasteiger partial charge on any atom is -0.330 e. The smallest absolute Gasteiger partial charge is 0.264 e. The van der Waals surface area contributed by atoms with Crippen molar-refractivity contribution in [3.8, 4) is 0 Å². The Morgan fingerprint density at radius 1 is 0.667 bits per heavy atom. The molecule has 0 aromatic heterocycles. The third kappa shape index (κ3) is 15.9. The van der Waals surface area contributed by atoms with Crippen LogP contribution in [0.15, 0.2) is 0 Å². The monoisotopic (exact) mass is 279 g/mol. The third-order valence-electron chi connectivity index (χ3n) is 3.11. The molecule has 110 valence electrons. The van der Waals surface area contributed by atoms with E-state index in [9.17, 15) is 8.42 Å². The molecule has 0 atom stereocenters. The van der Waals surface area contributed by atoms with Crippen molar-refractivity contribution in [1.82, 2.24) is 0 Å². The average molecular weight is 279 g/mol. The summed E-state index contributed by atoms with van der Waals surface area (Å²) in [6, 6.07) is 0. The summed E-state index contributed by atoms with van der Waals surface area (Å²) in [7, 11) is -3.75. The first-order valence-electron chi connectivity index (χ1n) is 7.21. The van der Waals surface area contributed by atoms with Gasteiger partial charge in [0, 0.05) is 0 Å². The number of nitrogens with two attached hydrogens (primary N) is 1. The van der Waals surface area contributed by atoms with Crippen molar-refractivity contribution in [2.24, 2.45) is 5.73 Å². The Morgan fingerprint density at radius 3 is 1.33 bits per heavy atom. The SMILES string of the molecule is NCCCCCCCCCCCCCS(=O)(=O)O. The van der Waals surface area contributed by atoms with Crippen LogP contribution < -0.4 is 5.73 Å². The maximum Gasteiger partial charge on any atom is 0.264 e. The highest BCUT2D eigenvalue weighted by Gasteiger charge is 2.02. The van der Waals surface area contributed by atoms with Crippen LogP contribution in [-0.4, -0.2) is 25.3 Å². The lowest BCUT2D eigenvalue weighted by atomic mass is 10.1. The first-order valence-corrected chi connectivity index (χ1v) is 8.82. The maximum atomic E-state index is 10.5. The molecule has 0 aromatic rings. The Kier molecular flexibility index (Phi) is 11.8. The second kappa shape index (κ2) is 11.9. The van der Waals surface area contributed by atoms with E-state index in [1.165, 1.54) is 44.9 Å². The maximum absolute atomic E-state index is 10.5. The Bertz CT molecular complexity index is 265. The second-order valence-electron chi connectivity index (χ2n) is 4.96. The van der Waals surface area contributed by atoms with Crippen LogP contribution in [0.4, 0.5) is 0 Å². The van der Waals surface area contributed by atoms with Crippen molar-refractivity contribution in [1.29, 1.82) is 0 Å². The minimum absolute atomic E-state index is 0.0891. The van der Waals surface area contributed by atoms with Gasteiger partial charge in [-0.2, -0.15) is 8.42 Å². The van der Waals surface area contributed by atoms with E-state index in [0.29, 0.717) is 6.42 Å². The molecule has 0 aliphatic carbocycles. The minimum atomic E-state index is -3.75. The molecule has 0 rings (SSSR count). The van der Waals surface area contributed by atoms with Gasteiger partial charge in [-0.3, -0.25) is 4.55 Å². The lowest BCUT2D eigenvalue weighted by Gasteiger charge is -2.02. The molecule has 0 heterocycles. The zero-order valence-electron chi connectivity index (χ0n) is 11.4. The summed E-state index contributed by atoms with van der Waals surface area (Å²) in [4.78, 5) is 0. The van der Waals surface area contributed by atoms with E-state index in [1.807, 2.05) is 0 Å². The van der Waals surface area contributed by atoms with Crippen molar-refractivity contribution in [3.05, 3.63) is 0 Å². The molecule has 0 bridgehead atoms. The molecular formula is C13H29NO3S. The highest BCUT2D eigenvalue weighted by Crippen LogP contribution is 2.11. The Morgan fingerprint density at radius 2 is 1.00 bits per heavy atom. The third-order valence-corrected chi connectivity index (χ3v) is 3.91. The van der Waals surface area contributed by atoms with Gasteiger partial charge < -0.3 is 5.73 Å². The molecule has 0 saturated carbocycles. The topological polar surface area (TPSA) is 80.4 Å². The normalized spacial score (nSPS) is 11.9. The van der Waals surface area contributed by atoms with Crippen LogP contribution in [0.1, 0.15) is 70.6 Å². The largest absolute Gasteiger partial charge is 0.330 e. The molecule has 0 aliphatic heterocycles. The van der Waals surface area contributed by atoms with Gasteiger partial charge in [0.25, 0.3) is 10.1 Å². The van der Waals surface area contributed by atoms with E-state index in [-0.39, 0.29) is 5.75 Å². The van der Waals surface area contributed by atoms with E-state index >= 15 is 0 Å². The fraction of sp³-hybridized carbons (Fsp3) is 1.00. The first-order chi connectivity index (χ1) is 8.56. The Labute approximate surface area is 112 Å². The summed E-state index contributed by atoms with van der Waals surface area (Å²) in [6.45, 7) is 0.809. The Hall–Kier alpha value is -0.130. The van der Waals surface area contributed by atoms with Gasteiger partial charge in [0.15, 0.2) is 0 Å². The van der Waals surface area contributed by atoms with Crippen molar-refractivity contribution in [3.63, 3.8) is 0 Å². The van der Waals surface area contributed by atoms with Crippen molar-refractivity contribution < 1.29 is 13.0 Å². The predicted molar refractivity (Wildman–Crippen MR) is 76.3 cm³/mol.